The number of methoxy groups -OCH3 is 3. The molecule has 0 bridgehead atoms. The van der Waals surface area contributed by atoms with Gasteiger partial charge in [0, 0.05) is 0 Å². The molecule has 7 heteroatoms. The first-order valence-electron chi connectivity index (χ1n) is 7.81. The van der Waals surface area contributed by atoms with E-state index in [0.29, 0.717) is 0 Å². The Kier molecular flexibility index (Phi) is 12.9. The fraction of sp³-hybridized carbons (Fsp3) is 1.00. The van der Waals surface area contributed by atoms with Gasteiger partial charge in [-0.1, -0.05) is 0 Å². The van der Waals surface area contributed by atoms with Crippen LogP contribution in [0.3, 0.4) is 0 Å². The van der Waals surface area contributed by atoms with E-state index in [9.17, 15) is 0 Å². The van der Waals surface area contributed by atoms with Gasteiger partial charge in [0.25, 0.3) is 0 Å². The molecule has 0 saturated carbocycles. The predicted octanol–water partition coefficient (Wildman–Crippen LogP) is 3.29. The van der Waals surface area contributed by atoms with Crippen molar-refractivity contribution < 1.29 is 50.9 Å². The van der Waals surface area contributed by atoms with Crippen LogP contribution in [0.1, 0.15) is 41.5 Å². The summed E-state index contributed by atoms with van der Waals surface area (Å²) in [7, 11) is 4.88. The molecule has 0 saturated heterocycles. The zero-order valence-electron chi connectivity index (χ0n) is 15.5. The van der Waals surface area contributed by atoms with Gasteiger partial charge in [0.05, 0.1) is 0 Å². The summed E-state index contributed by atoms with van der Waals surface area (Å²) >= 11 is -3.44. The molecule has 0 aromatic heterocycles. The Hall–Kier alpha value is 0.955. The second kappa shape index (κ2) is 12.3. The Morgan fingerprint density at radius 1 is 0.500 bits per heavy atom. The summed E-state index contributed by atoms with van der Waals surface area (Å²) in [5, 5.41) is 0. The van der Waals surface area contributed by atoms with Crippen LogP contribution in [0.25, 0.3) is 0 Å². The van der Waals surface area contributed by atoms with Crippen LogP contribution < -0.4 is 0 Å². The maximum absolute atomic E-state index is 6.02. The first-order chi connectivity index (χ1) is 10.3. The van der Waals surface area contributed by atoms with E-state index in [1.807, 2.05) is 41.5 Å². The van der Waals surface area contributed by atoms with Crippen LogP contribution in [-0.2, 0) is 19.3 Å². The molecule has 3 unspecified atom stereocenters. The Bertz CT molecular complexity index is 232. The molecule has 0 aliphatic rings. The summed E-state index contributed by atoms with van der Waals surface area (Å²) in [4.78, 5) is 0. The summed E-state index contributed by atoms with van der Waals surface area (Å²) in [6.45, 7) is 12.2. The molecule has 0 spiro atoms. The van der Waals surface area contributed by atoms with Gasteiger partial charge in [0.15, 0.2) is 0 Å². The van der Waals surface area contributed by atoms with Crippen molar-refractivity contribution in [3.63, 3.8) is 0 Å². The van der Waals surface area contributed by atoms with Gasteiger partial charge < -0.3 is 0 Å². The van der Waals surface area contributed by atoms with Crippen LogP contribution >= 0.6 is 0 Å². The van der Waals surface area contributed by atoms with Crippen LogP contribution in [0, 0.1) is 49.4 Å². The van der Waals surface area contributed by atoms with Gasteiger partial charge in [-0.2, -0.15) is 0 Å². The van der Waals surface area contributed by atoms with Crippen molar-refractivity contribution >= 4 is 0 Å². The van der Waals surface area contributed by atoms with Gasteiger partial charge in [0.1, 0.15) is 0 Å². The predicted molar refractivity (Wildman–Crippen MR) is 80.2 cm³/mol. The van der Waals surface area contributed by atoms with Crippen molar-refractivity contribution in [2.24, 2.45) is 17.8 Å². The average molecular weight is 448 g/mol. The van der Waals surface area contributed by atoms with E-state index in [1.165, 1.54) is 0 Å². The molecule has 0 rings (SSSR count). The van der Waals surface area contributed by atoms with Gasteiger partial charge in [-0.05, 0) is 0 Å². The molecular formula is C15H33LaO6. The molecule has 3 atom stereocenters. The third-order valence-electron chi connectivity index (χ3n) is 3.07. The van der Waals surface area contributed by atoms with E-state index in [2.05, 4.69) is 0 Å². The molecule has 22 heavy (non-hydrogen) atoms. The summed E-state index contributed by atoms with van der Waals surface area (Å²) in [6, 6.07) is 0. The van der Waals surface area contributed by atoms with Crippen LogP contribution in [0.2, 0.25) is 0 Å². The SMILES string of the molecule is COC([O][La]([O]C(OC)C(C)C)[O]C(OC)C(C)C)C(C)C. The van der Waals surface area contributed by atoms with Crippen molar-refractivity contribution in [1.29, 1.82) is 0 Å². The Morgan fingerprint density at radius 3 is 0.864 bits per heavy atom. The van der Waals surface area contributed by atoms with Gasteiger partial charge in [0.2, 0.25) is 0 Å². The van der Waals surface area contributed by atoms with Crippen LogP contribution in [0.15, 0.2) is 0 Å². The molecule has 0 heterocycles. The Labute approximate surface area is 149 Å². The molecule has 132 valence electrons. The molecular weight excluding hydrogens is 415 g/mol. The van der Waals surface area contributed by atoms with Crippen molar-refractivity contribution in [3.05, 3.63) is 0 Å². The first-order valence-corrected chi connectivity index (χ1v) is 12.3. The average Bonchev–Trinajstić information content (AvgIpc) is 2.45. The van der Waals surface area contributed by atoms with Crippen LogP contribution in [0.4, 0.5) is 0 Å². The second-order valence-corrected chi connectivity index (χ2v) is 10.6. The summed E-state index contributed by atoms with van der Waals surface area (Å²) in [6.07, 6.45) is -1.04. The normalized spacial score (nSPS) is 16.4. The maximum atomic E-state index is 6.02. The Balaban J connectivity index is 4.95. The molecule has 0 fully saturated rings. The minimum absolute atomic E-state index is 0.208. The van der Waals surface area contributed by atoms with E-state index in [1.54, 1.807) is 21.3 Å². The van der Waals surface area contributed by atoms with Crippen LogP contribution in [0.5, 0.6) is 0 Å². The van der Waals surface area contributed by atoms with Crippen molar-refractivity contribution in [2.45, 2.75) is 60.4 Å². The molecule has 0 N–H and O–H groups in total. The third kappa shape index (κ3) is 8.71. The van der Waals surface area contributed by atoms with Gasteiger partial charge in [-0.3, -0.25) is 0 Å². The van der Waals surface area contributed by atoms with Crippen molar-refractivity contribution in [3.8, 4) is 0 Å². The number of rotatable bonds is 12. The third-order valence-corrected chi connectivity index (χ3v) is 7.69. The minimum atomic E-state index is -3.44. The molecule has 6 nitrogen and oxygen atoms in total. The van der Waals surface area contributed by atoms with Crippen molar-refractivity contribution in [1.82, 2.24) is 0 Å². The first kappa shape index (κ1) is 23.0. The molecule has 0 amide bonds. The topological polar surface area (TPSA) is 55.4 Å². The molecule has 0 aliphatic heterocycles. The van der Waals surface area contributed by atoms with Gasteiger partial charge in [-0.15, -0.1) is 0 Å². The molecule has 0 aromatic carbocycles. The van der Waals surface area contributed by atoms with E-state index in [-0.39, 0.29) is 36.6 Å². The fourth-order valence-corrected chi connectivity index (χ4v) is 8.55. The number of hydrogen-bond donors (Lipinski definition) is 0. The van der Waals surface area contributed by atoms with Crippen LogP contribution in [-0.4, -0.2) is 40.2 Å². The van der Waals surface area contributed by atoms with E-state index < -0.39 is 31.6 Å². The zero-order chi connectivity index (χ0) is 17.3. The van der Waals surface area contributed by atoms with Gasteiger partial charge in [-0.25, -0.2) is 0 Å². The molecule has 0 aliphatic carbocycles. The fourth-order valence-electron chi connectivity index (χ4n) is 1.88. The quantitative estimate of drug-likeness (QED) is 0.428. The van der Waals surface area contributed by atoms with E-state index >= 15 is 0 Å². The summed E-state index contributed by atoms with van der Waals surface area (Å²) < 4.78 is 34.2. The Morgan fingerprint density at radius 2 is 0.727 bits per heavy atom. The van der Waals surface area contributed by atoms with Crippen molar-refractivity contribution in [2.75, 3.05) is 21.3 Å². The van der Waals surface area contributed by atoms with E-state index in [4.69, 9.17) is 19.3 Å². The summed E-state index contributed by atoms with van der Waals surface area (Å²) in [5.74, 6) is 0.624. The number of hydrogen-bond acceptors (Lipinski definition) is 6. The zero-order valence-corrected chi connectivity index (χ0v) is 19.1. The van der Waals surface area contributed by atoms with Gasteiger partial charge >= 0.3 is 150 Å². The van der Waals surface area contributed by atoms with E-state index in [0.717, 1.165) is 0 Å². The standard InChI is InChI=1S/3C5H11O2.La/c3*1-4(2)5(6)7-3;/h3*4-5H,1-3H3;/q3*-1;+3. The summed E-state index contributed by atoms with van der Waals surface area (Å²) in [5.41, 5.74) is 0. The molecule has 0 radical (unpaired) electrons. The second-order valence-electron chi connectivity index (χ2n) is 6.24. The monoisotopic (exact) mass is 448 g/mol. The number of ether oxygens (including phenoxy) is 3. The molecule has 0 aromatic rings.